The van der Waals surface area contributed by atoms with Crippen molar-refractivity contribution in [1.29, 1.82) is 0 Å². The van der Waals surface area contributed by atoms with Gasteiger partial charge in [0.2, 0.25) is 0 Å². The van der Waals surface area contributed by atoms with E-state index in [1.165, 1.54) is 6.21 Å². The monoisotopic (exact) mass is 468 g/mol. The Morgan fingerprint density at radius 2 is 1.71 bits per heavy atom. The average Bonchev–Trinajstić information content (AvgIpc) is 2.88. The normalized spacial score (nSPS) is 10.8. The van der Waals surface area contributed by atoms with E-state index in [1.807, 2.05) is 55.5 Å². The summed E-state index contributed by atoms with van der Waals surface area (Å²) in [6.45, 7) is 1.76. The van der Waals surface area contributed by atoms with Gasteiger partial charge in [0.25, 0.3) is 5.91 Å². The van der Waals surface area contributed by atoms with E-state index in [0.29, 0.717) is 28.4 Å². The molecule has 7 heteroatoms. The van der Waals surface area contributed by atoms with Crippen molar-refractivity contribution in [3.05, 3.63) is 102 Å². The van der Waals surface area contributed by atoms with Crippen molar-refractivity contribution in [3.8, 4) is 17.2 Å². The van der Waals surface area contributed by atoms with E-state index in [-0.39, 0.29) is 6.61 Å². The molecule has 0 saturated carbocycles. The molecule has 0 bridgehead atoms. The van der Waals surface area contributed by atoms with Gasteiger partial charge in [0, 0.05) is 5.56 Å². The van der Waals surface area contributed by atoms with Crippen molar-refractivity contribution < 1.29 is 23.8 Å². The standard InChI is InChI=1S/C28H24N2O5/c1-19-6-5-8-23(16-19)34-18-27(31)30-29-17-25-24-9-4-3-7-20(24)12-15-26(25)35-28(32)21-10-13-22(33-2)14-11-21/h3-17H,18H2,1-2H3,(H,30,31). The lowest BCUT2D eigenvalue weighted by Gasteiger charge is -2.11. The highest BCUT2D eigenvalue weighted by atomic mass is 16.5. The van der Waals surface area contributed by atoms with Crippen LogP contribution in [0.25, 0.3) is 10.8 Å². The minimum Gasteiger partial charge on any atom is -0.497 e. The van der Waals surface area contributed by atoms with Crippen molar-refractivity contribution in [2.75, 3.05) is 13.7 Å². The molecule has 7 nitrogen and oxygen atoms in total. The van der Waals surface area contributed by atoms with Crippen LogP contribution < -0.4 is 19.6 Å². The highest BCUT2D eigenvalue weighted by Crippen LogP contribution is 2.27. The van der Waals surface area contributed by atoms with E-state index in [9.17, 15) is 9.59 Å². The minimum absolute atomic E-state index is 0.185. The predicted octanol–water partition coefficient (Wildman–Crippen LogP) is 4.91. The second-order valence-electron chi connectivity index (χ2n) is 7.71. The zero-order valence-corrected chi connectivity index (χ0v) is 19.4. The van der Waals surface area contributed by atoms with Crippen LogP contribution in [0.2, 0.25) is 0 Å². The maximum absolute atomic E-state index is 12.7. The molecule has 0 unspecified atom stereocenters. The number of aryl methyl sites for hydroxylation is 1. The minimum atomic E-state index is -0.520. The largest absolute Gasteiger partial charge is 0.497 e. The molecule has 0 fully saturated rings. The van der Waals surface area contributed by atoms with Crippen molar-refractivity contribution in [3.63, 3.8) is 0 Å². The van der Waals surface area contributed by atoms with E-state index < -0.39 is 11.9 Å². The molecule has 0 atom stereocenters. The molecule has 1 amide bonds. The first kappa shape index (κ1) is 23.5. The van der Waals surface area contributed by atoms with Crippen LogP contribution in [0.1, 0.15) is 21.5 Å². The van der Waals surface area contributed by atoms with Gasteiger partial charge in [0.15, 0.2) is 6.61 Å². The second kappa shape index (κ2) is 11.0. The Kier molecular flexibility index (Phi) is 7.37. The Hall–Kier alpha value is -4.65. The number of nitrogens with one attached hydrogen (secondary N) is 1. The number of fused-ring (bicyclic) bond motifs is 1. The van der Waals surface area contributed by atoms with Gasteiger partial charge in [-0.2, -0.15) is 5.10 Å². The predicted molar refractivity (Wildman–Crippen MR) is 134 cm³/mol. The van der Waals surface area contributed by atoms with E-state index in [0.717, 1.165) is 16.3 Å². The maximum atomic E-state index is 12.7. The SMILES string of the molecule is COc1ccc(C(=O)Oc2ccc3ccccc3c2C=NNC(=O)COc2cccc(C)c2)cc1. The summed E-state index contributed by atoms with van der Waals surface area (Å²) < 4.78 is 16.3. The molecule has 0 spiro atoms. The lowest BCUT2D eigenvalue weighted by molar-refractivity contribution is -0.123. The van der Waals surface area contributed by atoms with Crippen molar-refractivity contribution >= 4 is 28.9 Å². The summed E-state index contributed by atoms with van der Waals surface area (Å²) in [4.78, 5) is 24.9. The number of hydrazone groups is 1. The van der Waals surface area contributed by atoms with E-state index >= 15 is 0 Å². The lowest BCUT2D eigenvalue weighted by Crippen LogP contribution is -2.24. The number of methoxy groups -OCH3 is 1. The number of rotatable bonds is 8. The van der Waals surface area contributed by atoms with Gasteiger partial charge in [0.1, 0.15) is 17.2 Å². The van der Waals surface area contributed by atoms with Gasteiger partial charge in [-0.3, -0.25) is 4.79 Å². The van der Waals surface area contributed by atoms with Gasteiger partial charge < -0.3 is 14.2 Å². The number of amides is 1. The molecule has 4 rings (SSSR count). The topological polar surface area (TPSA) is 86.2 Å². The molecule has 1 N–H and O–H groups in total. The third-order valence-electron chi connectivity index (χ3n) is 5.20. The first-order valence-corrected chi connectivity index (χ1v) is 10.9. The molecule has 4 aromatic rings. The van der Waals surface area contributed by atoms with Crippen LogP contribution in [0, 0.1) is 6.92 Å². The summed E-state index contributed by atoms with van der Waals surface area (Å²) >= 11 is 0. The van der Waals surface area contributed by atoms with Crippen LogP contribution in [0.4, 0.5) is 0 Å². The zero-order chi connectivity index (χ0) is 24.6. The molecular weight excluding hydrogens is 444 g/mol. The first-order chi connectivity index (χ1) is 17.0. The van der Waals surface area contributed by atoms with Crippen LogP contribution in [0.3, 0.4) is 0 Å². The van der Waals surface area contributed by atoms with Gasteiger partial charge in [-0.1, -0.05) is 42.5 Å². The molecule has 0 saturated heterocycles. The van der Waals surface area contributed by atoms with Gasteiger partial charge in [-0.05, 0) is 65.7 Å². The molecule has 0 radical (unpaired) electrons. The molecule has 35 heavy (non-hydrogen) atoms. The lowest BCUT2D eigenvalue weighted by atomic mass is 10.0. The maximum Gasteiger partial charge on any atom is 0.343 e. The highest BCUT2D eigenvalue weighted by Gasteiger charge is 2.14. The molecule has 0 aliphatic carbocycles. The highest BCUT2D eigenvalue weighted by molar-refractivity contribution is 6.04. The number of ether oxygens (including phenoxy) is 3. The van der Waals surface area contributed by atoms with Crippen molar-refractivity contribution in [1.82, 2.24) is 5.43 Å². The molecular formula is C28H24N2O5. The Bertz CT molecular complexity index is 1380. The van der Waals surface area contributed by atoms with Crippen LogP contribution in [0.5, 0.6) is 17.2 Å². The zero-order valence-electron chi connectivity index (χ0n) is 19.4. The summed E-state index contributed by atoms with van der Waals surface area (Å²) in [7, 11) is 1.56. The molecule has 0 aromatic heterocycles. The third kappa shape index (κ3) is 6.03. The fraction of sp³-hybridized carbons (Fsp3) is 0.107. The summed E-state index contributed by atoms with van der Waals surface area (Å²) in [5.41, 5.74) is 4.43. The Labute approximate surface area is 202 Å². The van der Waals surface area contributed by atoms with Crippen molar-refractivity contribution in [2.45, 2.75) is 6.92 Å². The second-order valence-corrected chi connectivity index (χ2v) is 7.71. The van der Waals surface area contributed by atoms with Crippen LogP contribution in [-0.4, -0.2) is 31.8 Å². The Morgan fingerprint density at radius 1 is 0.914 bits per heavy atom. The summed E-state index contributed by atoms with van der Waals surface area (Å²) in [5.74, 6) is 0.625. The average molecular weight is 469 g/mol. The number of esters is 1. The third-order valence-corrected chi connectivity index (χ3v) is 5.20. The van der Waals surface area contributed by atoms with Gasteiger partial charge >= 0.3 is 5.97 Å². The quantitative estimate of drug-likeness (QED) is 0.172. The number of carbonyl (C=O) groups is 2. The number of benzene rings is 4. The first-order valence-electron chi connectivity index (χ1n) is 10.9. The molecule has 4 aromatic carbocycles. The number of hydrogen-bond acceptors (Lipinski definition) is 6. The van der Waals surface area contributed by atoms with Crippen LogP contribution in [0.15, 0.2) is 90.0 Å². The number of hydrogen-bond donors (Lipinski definition) is 1. The Morgan fingerprint density at radius 3 is 2.49 bits per heavy atom. The van der Waals surface area contributed by atoms with Gasteiger partial charge in [0.05, 0.1) is 18.9 Å². The molecule has 0 heterocycles. The number of nitrogens with zero attached hydrogens (tertiary/aromatic N) is 1. The van der Waals surface area contributed by atoms with E-state index in [4.69, 9.17) is 14.2 Å². The summed E-state index contributed by atoms with van der Waals surface area (Å²) in [5, 5.41) is 5.83. The van der Waals surface area contributed by atoms with Crippen LogP contribution in [-0.2, 0) is 4.79 Å². The molecule has 176 valence electrons. The van der Waals surface area contributed by atoms with Gasteiger partial charge in [-0.25, -0.2) is 10.2 Å². The summed E-state index contributed by atoms with van der Waals surface area (Å²) in [6, 6.07) is 25.2. The fourth-order valence-corrected chi connectivity index (χ4v) is 3.44. The van der Waals surface area contributed by atoms with E-state index in [2.05, 4.69) is 10.5 Å². The fourth-order valence-electron chi connectivity index (χ4n) is 3.44. The molecule has 0 aliphatic heterocycles. The molecule has 0 aliphatic rings. The van der Waals surface area contributed by atoms with E-state index in [1.54, 1.807) is 43.5 Å². The summed E-state index contributed by atoms with van der Waals surface area (Å²) in [6.07, 6.45) is 1.46. The number of carbonyl (C=O) groups excluding carboxylic acids is 2. The Balaban J connectivity index is 1.50. The van der Waals surface area contributed by atoms with Crippen molar-refractivity contribution in [2.24, 2.45) is 5.10 Å². The van der Waals surface area contributed by atoms with Crippen LogP contribution >= 0.6 is 0 Å². The van der Waals surface area contributed by atoms with Gasteiger partial charge in [-0.15, -0.1) is 0 Å². The smallest absolute Gasteiger partial charge is 0.343 e.